The molecule has 1 N–H and O–H groups in total. The number of hydrogen-bond donors (Lipinski definition) is 1. The van der Waals surface area contributed by atoms with Gasteiger partial charge >= 0.3 is 0 Å². The molecule has 0 bridgehead atoms. The lowest BCUT2D eigenvalue weighted by molar-refractivity contribution is 0.456. The fraction of sp³-hybridized carbons (Fsp3) is 0.800. The molecule has 2 unspecified atom stereocenters. The molecule has 1 heteroatoms. The maximum atomic E-state index is 3.79. The van der Waals surface area contributed by atoms with Gasteiger partial charge in [-0.25, -0.2) is 0 Å². The topological polar surface area (TPSA) is 12.0 Å². The van der Waals surface area contributed by atoms with Gasteiger partial charge in [-0.15, -0.1) is 6.58 Å². The van der Waals surface area contributed by atoms with Crippen molar-refractivity contribution in [2.45, 2.75) is 45.2 Å². The van der Waals surface area contributed by atoms with Crippen LogP contribution in [0.1, 0.15) is 33.1 Å². The van der Waals surface area contributed by atoms with Crippen molar-refractivity contribution < 1.29 is 0 Å². The third-order valence-electron chi connectivity index (χ3n) is 2.32. The monoisotopic (exact) mass is 153 g/mol. The number of nitrogens with one attached hydrogen (secondary N) is 1. The van der Waals surface area contributed by atoms with E-state index in [4.69, 9.17) is 0 Å². The highest BCUT2D eigenvalue weighted by Crippen LogP contribution is 2.18. The Labute approximate surface area is 69.9 Å². The quantitative estimate of drug-likeness (QED) is 0.614. The molecule has 0 aromatic carbocycles. The van der Waals surface area contributed by atoms with Crippen molar-refractivity contribution in [1.82, 2.24) is 5.32 Å². The molecule has 64 valence electrons. The molecule has 2 atom stereocenters. The summed E-state index contributed by atoms with van der Waals surface area (Å²) in [5.74, 6) is 0.816. The summed E-state index contributed by atoms with van der Waals surface area (Å²) in [4.78, 5) is 0. The van der Waals surface area contributed by atoms with Gasteiger partial charge in [0, 0.05) is 12.1 Å². The molecule has 0 saturated carbocycles. The first-order valence-electron chi connectivity index (χ1n) is 4.61. The summed E-state index contributed by atoms with van der Waals surface area (Å²) in [7, 11) is 0. The zero-order valence-electron chi connectivity index (χ0n) is 7.64. The van der Waals surface area contributed by atoms with E-state index in [0.717, 1.165) is 12.0 Å². The van der Waals surface area contributed by atoms with Gasteiger partial charge in [-0.2, -0.15) is 0 Å². The first-order chi connectivity index (χ1) is 5.22. The lowest BCUT2D eigenvalue weighted by Gasteiger charge is -2.13. The predicted molar refractivity (Wildman–Crippen MR) is 49.6 cm³/mol. The van der Waals surface area contributed by atoms with Crippen LogP contribution in [0.15, 0.2) is 12.7 Å². The van der Waals surface area contributed by atoms with Gasteiger partial charge < -0.3 is 5.32 Å². The molecule has 11 heavy (non-hydrogen) atoms. The van der Waals surface area contributed by atoms with Crippen molar-refractivity contribution in [3.05, 3.63) is 12.7 Å². The van der Waals surface area contributed by atoms with Crippen molar-refractivity contribution in [1.29, 1.82) is 0 Å². The van der Waals surface area contributed by atoms with Gasteiger partial charge in [-0.1, -0.05) is 19.9 Å². The molecule has 0 aliphatic carbocycles. The second-order valence-electron chi connectivity index (χ2n) is 3.91. The molecular formula is C10H19N. The fourth-order valence-corrected chi connectivity index (χ4v) is 1.79. The van der Waals surface area contributed by atoms with Gasteiger partial charge in [0.05, 0.1) is 0 Å². The highest BCUT2D eigenvalue weighted by Gasteiger charge is 2.21. The van der Waals surface area contributed by atoms with Crippen molar-refractivity contribution in [2.75, 3.05) is 0 Å². The summed E-state index contributed by atoms with van der Waals surface area (Å²) in [5.41, 5.74) is 0. The van der Waals surface area contributed by atoms with Gasteiger partial charge in [0.1, 0.15) is 0 Å². The molecule has 0 aromatic rings. The van der Waals surface area contributed by atoms with Gasteiger partial charge in [0.15, 0.2) is 0 Å². The van der Waals surface area contributed by atoms with Crippen LogP contribution < -0.4 is 5.32 Å². The largest absolute Gasteiger partial charge is 0.308 e. The maximum Gasteiger partial charge on any atom is 0.0250 e. The van der Waals surface area contributed by atoms with E-state index in [1.807, 2.05) is 6.08 Å². The van der Waals surface area contributed by atoms with E-state index in [1.54, 1.807) is 0 Å². The summed E-state index contributed by atoms with van der Waals surface area (Å²) in [6.07, 6.45) is 5.94. The van der Waals surface area contributed by atoms with Crippen LogP contribution in [0.4, 0.5) is 0 Å². The van der Waals surface area contributed by atoms with Crippen molar-refractivity contribution >= 4 is 0 Å². The Bertz CT molecular complexity index is 129. The van der Waals surface area contributed by atoms with Crippen LogP contribution in [0, 0.1) is 5.92 Å². The van der Waals surface area contributed by atoms with E-state index in [0.29, 0.717) is 6.04 Å². The summed E-state index contributed by atoms with van der Waals surface area (Å²) in [5, 5.41) is 3.55. The molecule has 1 aliphatic heterocycles. The standard InChI is InChI=1S/C10H19N/c1-4-9-5-6-10(11-9)7-8(2)3/h4,8-11H,1,5-7H2,2-3H3. The van der Waals surface area contributed by atoms with E-state index in [-0.39, 0.29) is 0 Å². The van der Waals surface area contributed by atoms with Crippen LogP contribution in [0.2, 0.25) is 0 Å². The normalized spacial score (nSPS) is 31.2. The average Bonchev–Trinajstić information content (AvgIpc) is 2.34. The molecule has 1 fully saturated rings. The minimum atomic E-state index is 0.582. The van der Waals surface area contributed by atoms with Crippen LogP contribution in [-0.2, 0) is 0 Å². The molecule has 1 aliphatic rings. The zero-order chi connectivity index (χ0) is 8.27. The van der Waals surface area contributed by atoms with Crippen LogP contribution in [0.25, 0.3) is 0 Å². The van der Waals surface area contributed by atoms with Crippen molar-refractivity contribution in [3.63, 3.8) is 0 Å². The first-order valence-corrected chi connectivity index (χ1v) is 4.61. The van der Waals surface area contributed by atoms with Gasteiger partial charge in [-0.05, 0) is 25.2 Å². The lowest BCUT2D eigenvalue weighted by atomic mass is 10.0. The lowest BCUT2D eigenvalue weighted by Crippen LogP contribution is -2.28. The molecule has 1 rings (SSSR count). The highest BCUT2D eigenvalue weighted by atomic mass is 15.0. The van der Waals surface area contributed by atoms with Crippen molar-refractivity contribution in [2.24, 2.45) is 5.92 Å². The summed E-state index contributed by atoms with van der Waals surface area (Å²) < 4.78 is 0. The SMILES string of the molecule is C=CC1CCC(CC(C)C)N1. The second-order valence-corrected chi connectivity index (χ2v) is 3.91. The molecule has 0 amide bonds. The number of hydrogen-bond acceptors (Lipinski definition) is 1. The average molecular weight is 153 g/mol. The van der Waals surface area contributed by atoms with Crippen LogP contribution in [0.5, 0.6) is 0 Å². The minimum Gasteiger partial charge on any atom is -0.308 e. The van der Waals surface area contributed by atoms with Gasteiger partial charge in [0.25, 0.3) is 0 Å². The molecule has 1 saturated heterocycles. The summed E-state index contributed by atoms with van der Waals surface area (Å²) >= 11 is 0. The molecule has 1 nitrogen and oxygen atoms in total. The van der Waals surface area contributed by atoms with E-state index in [1.165, 1.54) is 19.3 Å². The molecule has 0 aromatic heterocycles. The fourth-order valence-electron chi connectivity index (χ4n) is 1.79. The predicted octanol–water partition coefficient (Wildman–Crippen LogP) is 2.34. The van der Waals surface area contributed by atoms with Gasteiger partial charge in [-0.3, -0.25) is 0 Å². The zero-order valence-corrected chi connectivity index (χ0v) is 7.64. The van der Waals surface area contributed by atoms with Crippen LogP contribution in [0.3, 0.4) is 0 Å². The smallest absolute Gasteiger partial charge is 0.0250 e. The summed E-state index contributed by atoms with van der Waals surface area (Å²) in [6, 6.07) is 1.33. The maximum absolute atomic E-state index is 3.79. The third-order valence-corrected chi connectivity index (χ3v) is 2.32. The number of rotatable bonds is 3. The van der Waals surface area contributed by atoms with E-state index >= 15 is 0 Å². The molecule has 0 spiro atoms. The Hall–Kier alpha value is -0.300. The van der Waals surface area contributed by atoms with Crippen molar-refractivity contribution in [3.8, 4) is 0 Å². The Morgan fingerprint density at radius 3 is 2.73 bits per heavy atom. The second kappa shape index (κ2) is 3.91. The third kappa shape index (κ3) is 2.66. The summed E-state index contributed by atoms with van der Waals surface area (Å²) in [6.45, 7) is 8.36. The molecule has 0 radical (unpaired) electrons. The Kier molecular flexibility index (Phi) is 3.13. The highest BCUT2D eigenvalue weighted by molar-refractivity contribution is 4.94. The molecular weight excluding hydrogens is 134 g/mol. The van der Waals surface area contributed by atoms with E-state index in [9.17, 15) is 0 Å². The van der Waals surface area contributed by atoms with E-state index in [2.05, 4.69) is 25.7 Å². The van der Waals surface area contributed by atoms with Gasteiger partial charge in [0.2, 0.25) is 0 Å². The van der Waals surface area contributed by atoms with E-state index < -0.39 is 0 Å². The molecule has 1 heterocycles. The Morgan fingerprint density at radius 2 is 2.27 bits per heavy atom. The Balaban J connectivity index is 2.24. The Morgan fingerprint density at radius 1 is 1.55 bits per heavy atom. The van der Waals surface area contributed by atoms with Crippen LogP contribution >= 0.6 is 0 Å². The minimum absolute atomic E-state index is 0.582. The first kappa shape index (κ1) is 8.79. The van der Waals surface area contributed by atoms with Crippen LogP contribution in [-0.4, -0.2) is 12.1 Å².